The molecule has 1 aromatic carbocycles. The molecule has 21 heavy (non-hydrogen) atoms. The minimum atomic E-state index is -3.81. The summed E-state index contributed by atoms with van der Waals surface area (Å²) in [6, 6.07) is 1.95. The molecule has 1 saturated heterocycles. The number of hydrogen-bond acceptors (Lipinski definition) is 4. The minimum Gasteiger partial charge on any atom is -0.258 e. The second kappa shape index (κ2) is 5.69. The topological polar surface area (TPSA) is 80.5 Å². The van der Waals surface area contributed by atoms with Crippen molar-refractivity contribution in [1.82, 2.24) is 4.31 Å². The highest BCUT2D eigenvalue weighted by Crippen LogP contribution is 2.30. The summed E-state index contributed by atoms with van der Waals surface area (Å²) >= 11 is 0. The fourth-order valence-corrected chi connectivity index (χ4v) is 4.14. The van der Waals surface area contributed by atoms with Crippen molar-refractivity contribution in [3.05, 3.63) is 33.6 Å². The van der Waals surface area contributed by atoms with E-state index >= 15 is 0 Å². The molecule has 0 aromatic heterocycles. The van der Waals surface area contributed by atoms with Gasteiger partial charge in [0.05, 0.1) is 9.82 Å². The molecule has 1 aliphatic heterocycles. The van der Waals surface area contributed by atoms with Gasteiger partial charge in [0.2, 0.25) is 15.8 Å². The summed E-state index contributed by atoms with van der Waals surface area (Å²) < 4.78 is 40.0. The molecule has 1 heterocycles. The number of benzene rings is 1. The maximum Gasteiger partial charge on any atom is 0.306 e. The van der Waals surface area contributed by atoms with Gasteiger partial charge in [0, 0.05) is 19.2 Å². The molecule has 0 bridgehead atoms. The van der Waals surface area contributed by atoms with Crippen LogP contribution in [0.3, 0.4) is 0 Å². The van der Waals surface area contributed by atoms with Crippen molar-refractivity contribution in [2.75, 3.05) is 13.1 Å². The van der Waals surface area contributed by atoms with Crippen LogP contribution in [0.2, 0.25) is 0 Å². The monoisotopic (exact) mass is 316 g/mol. The lowest BCUT2D eigenvalue weighted by molar-refractivity contribution is -0.387. The molecule has 0 saturated carbocycles. The molecule has 6 nitrogen and oxygen atoms in total. The van der Waals surface area contributed by atoms with E-state index in [4.69, 9.17) is 0 Å². The van der Waals surface area contributed by atoms with Crippen molar-refractivity contribution >= 4 is 15.7 Å². The van der Waals surface area contributed by atoms with E-state index in [9.17, 15) is 22.9 Å². The first-order chi connectivity index (χ1) is 9.77. The highest BCUT2D eigenvalue weighted by Gasteiger charge is 2.33. The standard InChI is InChI=1S/C13H17FN2O4S/c1-3-10-4-5-15(8-10)21(19,20)11-6-9(2)13(14)12(7-11)16(17)18/h6-7,10H,3-5,8H2,1-2H3. The highest BCUT2D eigenvalue weighted by molar-refractivity contribution is 7.89. The number of nitro benzene ring substituents is 1. The molecule has 0 N–H and O–H groups in total. The Hall–Kier alpha value is -1.54. The Bertz CT molecular complexity index is 675. The molecule has 1 atom stereocenters. The number of nitro groups is 1. The highest BCUT2D eigenvalue weighted by atomic mass is 32.2. The molecule has 2 rings (SSSR count). The van der Waals surface area contributed by atoms with Gasteiger partial charge in [-0.1, -0.05) is 13.3 Å². The second-order valence-electron chi connectivity index (χ2n) is 5.26. The molecular formula is C13H17FN2O4S. The summed E-state index contributed by atoms with van der Waals surface area (Å²) in [5.74, 6) is -0.692. The zero-order chi connectivity index (χ0) is 15.8. The molecule has 1 aromatic rings. The summed E-state index contributed by atoms with van der Waals surface area (Å²) in [5.41, 5.74) is -0.853. The summed E-state index contributed by atoms with van der Waals surface area (Å²) in [4.78, 5) is 9.71. The Balaban J connectivity index is 2.44. The van der Waals surface area contributed by atoms with Crippen molar-refractivity contribution in [3.63, 3.8) is 0 Å². The van der Waals surface area contributed by atoms with Gasteiger partial charge in [-0.3, -0.25) is 10.1 Å². The van der Waals surface area contributed by atoms with Crippen LogP contribution in [0, 0.1) is 28.8 Å². The van der Waals surface area contributed by atoms with E-state index in [0.717, 1.165) is 25.0 Å². The first kappa shape index (κ1) is 15.8. The number of sulfonamides is 1. The third kappa shape index (κ3) is 2.91. The van der Waals surface area contributed by atoms with Crippen LogP contribution in [0.1, 0.15) is 25.3 Å². The van der Waals surface area contributed by atoms with Crippen LogP contribution in [0.25, 0.3) is 0 Å². The molecule has 0 spiro atoms. The van der Waals surface area contributed by atoms with E-state index in [1.807, 2.05) is 6.92 Å². The fourth-order valence-electron chi connectivity index (χ4n) is 2.50. The first-order valence-corrected chi connectivity index (χ1v) is 8.16. The Morgan fingerprint density at radius 3 is 2.67 bits per heavy atom. The lowest BCUT2D eigenvalue weighted by atomic mass is 10.1. The van der Waals surface area contributed by atoms with Gasteiger partial charge in [-0.2, -0.15) is 8.70 Å². The quantitative estimate of drug-likeness (QED) is 0.631. The van der Waals surface area contributed by atoms with E-state index in [2.05, 4.69) is 0 Å². The first-order valence-electron chi connectivity index (χ1n) is 6.72. The Morgan fingerprint density at radius 2 is 2.14 bits per heavy atom. The molecule has 8 heteroatoms. The number of aryl methyl sites for hydroxylation is 1. The van der Waals surface area contributed by atoms with Crippen molar-refractivity contribution in [1.29, 1.82) is 0 Å². The molecule has 1 unspecified atom stereocenters. The maximum absolute atomic E-state index is 13.7. The van der Waals surface area contributed by atoms with Gasteiger partial charge < -0.3 is 0 Å². The predicted molar refractivity (Wildman–Crippen MR) is 74.9 cm³/mol. The van der Waals surface area contributed by atoms with Gasteiger partial charge >= 0.3 is 5.69 Å². The summed E-state index contributed by atoms with van der Waals surface area (Å²) in [6.45, 7) is 4.11. The van der Waals surface area contributed by atoms with Crippen molar-refractivity contribution in [2.45, 2.75) is 31.6 Å². The third-order valence-corrected chi connectivity index (χ3v) is 5.71. The number of nitrogens with zero attached hydrogens (tertiary/aromatic N) is 2. The maximum atomic E-state index is 13.7. The van der Waals surface area contributed by atoms with E-state index in [0.29, 0.717) is 19.0 Å². The van der Waals surface area contributed by atoms with Crippen LogP contribution < -0.4 is 0 Å². The average Bonchev–Trinajstić information content (AvgIpc) is 2.90. The average molecular weight is 316 g/mol. The molecule has 1 aliphatic rings. The molecule has 116 valence electrons. The van der Waals surface area contributed by atoms with Crippen molar-refractivity contribution in [3.8, 4) is 0 Å². The lowest BCUT2D eigenvalue weighted by Crippen LogP contribution is -2.29. The van der Waals surface area contributed by atoms with E-state index in [1.165, 1.54) is 11.2 Å². The van der Waals surface area contributed by atoms with Gasteiger partial charge in [-0.25, -0.2) is 8.42 Å². The largest absolute Gasteiger partial charge is 0.306 e. The van der Waals surface area contributed by atoms with Crippen molar-refractivity contribution in [2.24, 2.45) is 5.92 Å². The van der Waals surface area contributed by atoms with Gasteiger partial charge in [-0.15, -0.1) is 0 Å². The Labute approximate surface area is 122 Å². The zero-order valence-electron chi connectivity index (χ0n) is 11.9. The zero-order valence-corrected chi connectivity index (χ0v) is 12.7. The molecular weight excluding hydrogens is 299 g/mol. The van der Waals surface area contributed by atoms with Gasteiger partial charge in [0.25, 0.3) is 0 Å². The van der Waals surface area contributed by atoms with Crippen molar-refractivity contribution < 1.29 is 17.7 Å². The number of hydrogen-bond donors (Lipinski definition) is 0. The predicted octanol–water partition coefficient (Wildman–Crippen LogP) is 2.46. The summed E-state index contributed by atoms with van der Waals surface area (Å²) in [6.07, 6.45) is 1.66. The smallest absolute Gasteiger partial charge is 0.258 e. The van der Waals surface area contributed by atoms with E-state index in [-0.39, 0.29) is 10.5 Å². The molecule has 0 amide bonds. The van der Waals surface area contributed by atoms with Crippen LogP contribution in [-0.4, -0.2) is 30.7 Å². The Morgan fingerprint density at radius 1 is 1.48 bits per heavy atom. The third-order valence-electron chi connectivity index (χ3n) is 3.87. The summed E-state index contributed by atoms with van der Waals surface area (Å²) in [7, 11) is -3.81. The van der Waals surface area contributed by atoms with Gasteiger partial charge in [0.1, 0.15) is 0 Å². The molecule has 0 radical (unpaired) electrons. The summed E-state index contributed by atoms with van der Waals surface area (Å²) in [5, 5.41) is 10.8. The Kier molecular flexibility index (Phi) is 4.29. The van der Waals surface area contributed by atoms with Gasteiger partial charge in [-0.05, 0) is 30.9 Å². The van der Waals surface area contributed by atoms with Crippen LogP contribution in [0.15, 0.2) is 17.0 Å². The lowest BCUT2D eigenvalue weighted by Gasteiger charge is -2.16. The SMILES string of the molecule is CCC1CCN(S(=O)(=O)c2cc(C)c(F)c([N+](=O)[O-])c2)C1. The second-order valence-corrected chi connectivity index (χ2v) is 7.19. The van der Waals surface area contributed by atoms with Crippen LogP contribution in [0.5, 0.6) is 0 Å². The molecule has 1 fully saturated rings. The fraction of sp³-hybridized carbons (Fsp3) is 0.538. The van der Waals surface area contributed by atoms with E-state index < -0.39 is 26.5 Å². The normalized spacial score (nSPS) is 19.9. The van der Waals surface area contributed by atoms with Crippen LogP contribution in [0.4, 0.5) is 10.1 Å². The van der Waals surface area contributed by atoms with Crippen LogP contribution >= 0.6 is 0 Å². The van der Waals surface area contributed by atoms with Gasteiger partial charge in [0.15, 0.2) is 0 Å². The minimum absolute atomic E-state index is 0.0472. The van der Waals surface area contributed by atoms with Crippen LogP contribution in [-0.2, 0) is 10.0 Å². The number of halogens is 1. The molecule has 0 aliphatic carbocycles. The number of rotatable bonds is 4. The van der Waals surface area contributed by atoms with E-state index in [1.54, 1.807) is 0 Å².